The summed E-state index contributed by atoms with van der Waals surface area (Å²) < 4.78 is 7.53. The van der Waals surface area contributed by atoms with Crippen LogP contribution in [0, 0.1) is 11.8 Å². The van der Waals surface area contributed by atoms with Crippen molar-refractivity contribution in [2.45, 2.75) is 77.3 Å². The van der Waals surface area contributed by atoms with Crippen LogP contribution in [0.3, 0.4) is 0 Å². The van der Waals surface area contributed by atoms with Crippen molar-refractivity contribution in [2.75, 3.05) is 12.0 Å². The number of amides is 1. The number of fused-ring (bicyclic) bond motifs is 3. The molecule has 1 aliphatic heterocycles. The number of nitrogens with zero attached hydrogens (tertiary/aromatic N) is 3. The lowest BCUT2D eigenvalue weighted by molar-refractivity contribution is -0.143. The number of carboxylic acid groups (broad SMARTS) is 1. The number of carboxylic acids is 1. The molecule has 196 valence electrons. The molecule has 0 bridgehead atoms. The zero-order valence-electron chi connectivity index (χ0n) is 22.2. The number of benzene rings is 2. The highest BCUT2D eigenvalue weighted by Gasteiger charge is 2.35. The molecule has 1 N–H and O–H groups in total. The summed E-state index contributed by atoms with van der Waals surface area (Å²) in [7, 11) is 1.43. The van der Waals surface area contributed by atoms with Crippen LogP contribution in [0.1, 0.15) is 81.8 Å². The number of methoxy groups -OCH3 is 1. The summed E-state index contributed by atoms with van der Waals surface area (Å²) in [4.78, 5) is 31.5. The first kappa shape index (κ1) is 25.3. The maximum atomic E-state index is 12.7. The van der Waals surface area contributed by atoms with Crippen LogP contribution in [0.25, 0.3) is 11.0 Å². The van der Waals surface area contributed by atoms with Crippen LogP contribution < -0.4 is 4.90 Å². The molecule has 1 unspecified atom stereocenters. The summed E-state index contributed by atoms with van der Waals surface area (Å²) in [5.74, 6) is 0.486. The van der Waals surface area contributed by atoms with Gasteiger partial charge in [-0.25, -0.2) is 9.78 Å². The minimum Gasteiger partial charge on any atom is -0.481 e. The average molecular weight is 504 g/mol. The van der Waals surface area contributed by atoms with E-state index in [0.29, 0.717) is 18.8 Å². The first-order chi connectivity index (χ1) is 17.8. The molecular formula is C30H37N3O4. The van der Waals surface area contributed by atoms with E-state index in [1.807, 2.05) is 12.1 Å². The molecule has 2 aromatic carbocycles. The minimum atomic E-state index is -0.690. The van der Waals surface area contributed by atoms with E-state index in [-0.39, 0.29) is 30.0 Å². The third-order valence-corrected chi connectivity index (χ3v) is 8.37. The minimum absolute atomic E-state index is 0.0537. The van der Waals surface area contributed by atoms with Gasteiger partial charge in [-0.3, -0.25) is 9.69 Å². The van der Waals surface area contributed by atoms with Gasteiger partial charge in [0.05, 0.1) is 29.7 Å². The number of ether oxygens (including phenoxy) is 1. The Labute approximate surface area is 218 Å². The summed E-state index contributed by atoms with van der Waals surface area (Å²) in [5.41, 5.74) is 5.23. The van der Waals surface area contributed by atoms with Crippen LogP contribution in [-0.2, 0) is 16.0 Å². The number of hydrogen-bond acceptors (Lipinski definition) is 4. The van der Waals surface area contributed by atoms with Gasteiger partial charge in [-0.1, -0.05) is 44.2 Å². The molecule has 0 radical (unpaired) electrons. The van der Waals surface area contributed by atoms with E-state index in [0.717, 1.165) is 53.8 Å². The van der Waals surface area contributed by atoms with E-state index < -0.39 is 5.97 Å². The highest BCUT2D eigenvalue weighted by Crippen LogP contribution is 2.43. The number of imidazole rings is 1. The van der Waals surface area contributed by atoms with Crippen molar-refractivity contribution in [1.82, 2.24) is 9.55 Å². The van der Waals surface area contributed by atoms with Crippen molar-refractivity contribution in [3.8, 4) is 0 Å². The summed E-state index contributed by atoms with van der Waals surface area (Å²) in [5, 5.41) is 9.57. The van der Waals surface area contributed by atoms with Crippen LogP contribution in [0.2, 0.25) is 0 Å². The number of aryl methyl sites for hydroxylation is 1. The van der Waals surface area contributed by atoms with E-state index in [4.69, 9.17) is 9.72 Å². The van der Waals surface area contributed by atoms with E-state index >= 15 is 0 Å². The summed E-state index contributed by atoms with van der Waals surface area (Å²) in [6.45, 7) is 6.52. The Balaban J connectivity index is 1.70. The molecule has 0 spiro atoms. The molecule has 2 aliphatic rings. The Kier molecular flexibility index (Phi) is 6.97. The Hall–Kier alpha value is -3.35. The monoisotopic (exact) mass is 503 g/mol. The molecule has 2 atom stereocenters. The number of carbonyl (C=O) groups is 2. The van der Waals surface area contributed by atoms with Crippen molar-refractivity contribution in [3.05, 3.63) is 59.4 Å². The Morgan fingerprint density at radius 3 is 2.35 bits per heavy atom. The summed E-state index contributed by atoms with van der Waals surface area (Å²) >= 11 is 0. The fourth-order valence-corrected chi connectivity index (χ4v) is 6.47. The quantitative estimate of drug-likeness (QED) is 0.427. The number of aliphatic carboxylic acids is 1. The topological polar surface area (TPSA) is 84.7 Å². The maximum Gasteiger partial charge on any atom is 0.414 e. The van der Waals surface area contributed by atoms with E-state index in [2.05, 4.69) is 55.7 Å². The number of anilines is 1. The van der Waals surface area contributed by atoms with Crippen LogP contribution in [0.15, 0.2) is 42.5 Å². The molecule has 1 saturated carbocycles. The molecule has 7 heteroatoms. The van der Waals surface area contributed by atoms with Gasteiger partial charge < -0.3 is 14.4 Å². The largest absolute Gasteiger partial charge is 0.481 e. The predicted octanol–water partition coefficient (Wildman–Crippen LogP) is 6.55. The Morgan fingerprint density at radius 1 is 1.03 bits per heavy atom. The average Bonchev–Trinajstić information content (AvgIpc) is 3.27. The molecule has 1 amide bonds. The van der Waals surface area contributed by atoms with Crippen molar-refractivity contribution < 1.29 is 19.4 Å². The fourth-order valence-electron chi connectivity index (χ4n) is 6.47. The van der Waals surface area contributed by atoms with Gasteiger partial charge in [0.15, 0.2) is 0 Å². The Bertz CT molecular complexity index is 1290. The van der Waals surface area contributed by atoms with Gasteiger partial charge in [-0.15, -0.1) is 0 Å². The van der Waals surface area contributed by atoms with Gasteiger partial charge in [0.2, 0.25) is 0 Å². The maximum absolute atomic E-state index is 12.7. The predicted molar refractivity (Wildman–Crippen MR) is 144 cm³/mol. The van der Waals surface area contributed by atoms with Gasteiger partial charge in [0.25, 0.3) is 0 Å². The summed E-state index contributed by atoms with van der Waals surface area (Å²) in [6.07, 6.45) is 4.34. The van der Waals surface area contributed by atoms with E-state index in [9.17, 15) is 14.7 Å². The smallest absolute Gasteiger partial charge is 0.414 e. The number of rotatable bonds is 5. The van der Waals surface area contributed by atoms with Crippen LogP contribution in [0.4, 0.5) is 10.5 Å². The van der Waals surface area contributed by atoms with Crippen molar-refractivity contribution in [1.29, 1.82) is 0 Å². The van der Waals surface area contributed by atoms with E-state index in [1.54, 1.807) is 4.90 Å². The highest BCUT2D eigenvalue weighted by molar-refractivity contribution is 5.95. The lowest BCUT2D eigenvalue weighted by atomic mass is 9.84. The van der Waals surface area contributed by atoms with Gasteiger partial charge in [0.1, 0.15) is 5.82 Å². The third-order valence-electron chi connectivity index (χ3n) is 8.37. The van der Waals surface area contributed by atoms with Gasteiger partial charge in [-0.05, 0) is 69.1 Å². The number of carbonyl (C=O) groups excluding carboxylic acids is 1. The standard InChI is InChI=1S/C30H37N3O4/c1-18(2)26(20-8-6-5-7-9-20)28-31-27-23-15-10-19(3)32(30(36)37-4)24(23)16-17-25(27)33(28)22-13-11-21(12-14-22)29(34)35/h5-9,16-19,21-22,26H,10-15H2,1-4H3,(H,34,35)/t19?,21?,22?,26-/m0/s1. The second kappa shape index (κ2) is 10.2. The normalized spacial score (nSPS) is 22.6. The zero-order chi connectivity index (χ0) is 26.3. The summed E-state index contributed by atoms with van der Waals surface area (Å²) in [6, 6.07) is 14.9. The van der Waals surface area contributed by atoms with Crippen LogP contribution in [0.5, 0.6) is 0 Å². The third kappa shape index (κ3) is 4.49. The highest BCUT2D eigenvalue weighted by atomic mass is 16.5. The molecule has 3 aromatic rings. The number of aromatic nitrogens is 2. The second-order valence-electron chi connectivity index (χ2n) is 11.0. The zero-order valence-corrected chi connectivity index (χ0v) is 22.2. The van der Waals surface area contributed by atoms with Crippen molar-refractivity contribution in [2.24, 2.45) is 11.8 Å². The first-order valence-corrected chi connectivity index (χ1v) is 13.5. The molecule has 2 heterocycles. The molecular weight excluding hydrogens is 466 g/mol. The van der Waals surface area contributed by atoms with Crippen molar-refractivity contribution >= 4 is 28.8 Å². The van der Waals surface area contributed by atoms with Crippen molar-refractivity contribution in [3.63, 3.8) is 0 Å². The lowest BCUT2D eigenvalue weighted by Gasteiger charge is -2.34. The van der Waals surface area contributed by atoms with E-state index in [1.165, 1.54) is 12.7 Å². The molecule has 37 heavy (non-hydrogen) atoms. The van der Waals surface area contributed by atoms with Gasteiger partial charge in [0, 0.05) is 23.6 Å². The van der Waals surface area contributed by atoms with Gasteiger partial charge >= 0.3 is 12.1 Å². The number of hydrogen-bond donors (Lipinski definition) is 1. The fraction of sp³-hybridized carbons (Fsp3) is 0.500. The first-order valence-electron chi connectivity index (χ1n) is 13.5. The molecule has 5 rings (SSSR count). The molecule has 0 saturated heterocycles. The van der Waals surface area contributed by atoms with Crippen LogP contribution >= 0.6 is 0 Å². The van der Waals surface area contributed by atoms with Crippen LogP contribution in [-0.4, -0.2) is 39.9 Å². The lowest BCUT2D eigenvalue weighted by Crippen LogP contribution is -2.42. The Morgan fingerprint density at radius 2 is 1.73 bits per heavy atom. The molecule has 7 nitrogen and oxygen atoms in total. The molecule has 1 aromatic heterocycles. The molecule has 1 fully saturated rings. The molecule has 1 aliphatic carbocycles. The SMILES string of the molecule is COC(=O)N1c2ccc3c(nc([C@H](c4ccccc4)C(C)C)n3C3CCC(C(=O)O)CC3)c2CCC1C. The second-order valence-corrected chi connectivity index (χ2v) is 11.0. The van der Waals surface area contributed by atoms with Gasteiger partial charge in [-0.2, -0.15) is 0 Å².